The third kappa shape index (κ3) is 5.18. The van der Waals surface area contributed by atoms with Gasteiger partial charge in [0.25, 0.3) is 0 Å². The van der Waals surface area contributed by atoms with Gasteiger partial charge in [0.1, 0.15) is 0 Å². The van der Waals surface area contributed by atoms with Crippen molar-refractivity contribution in [3.63, 3.8) is 0 Å². The minimum Gasteiger partial charge on any atom is -0.481 e. The minimum absolute atomic E-state index is 0.0957. The Labute approximate surface area is 211 Å². The summed E-state index contributed by atoms with van der Waals surface area (Å²) in [5.41, 5.74) is -0.143. The van der Waals surface area contributed by atoms with E-state index < -0.39 is 12.1 Å². The van der Waals surface area contributed by atoms with Gasteiger partial charge >= 0.3 is 5.97 Å². The first-order valence-corrected chi connectivity index (χ1v) is 14.3. The van der Waals surface area contributed by atoms with Crippen LogP contribution in [0, 0.1) is 46.3 Å². The Morgan fingerprint density at radius 3 is 2.20 bits per heavy atom. The van der Waals surface area contributed by atoms with E-state index in [2.05, 4.69) is 31.4 Å². The summed E-state index contributed by atoms with van der Waals surface area (Å²) in [5.74, 6) is 0.997. The van der Waals surface area contributed by atoms with E-state index >= 15 is 0 Å². The zero-order valence-electron chi connectivity index (χ0n) is 22.1. The Hall–Kier alpha value is -0.730. The summed E-state index contributed by atoms with van der Waals surface area (Å²) in [6.45, 7) is 11.3. The van der Waals surface area contributed by atoms with Gasteiger partial charge in [-0.15, -0.1) is 0 Å². The van der Waals surface area contributed by atoms with Crippen molar-refractivity contribution in [3.05, 3.63) is 0 Å². The first-order chi connectivity index (χ1) is 16.6. The molecule has 11 atom stereocenters. The van der Waals surface area contributed by atoms with E-state index in [1.54, 1.807) is 0 Å². The number of carboxylic acid groups (broad SMARTS) is 1. The average molecular weight is 495 g/mol. The molecule has 4 aliphatic carbocycles. The molecule has 4 saturated carbocycles. The maximum absolute atomic E-state index is 11.5. The first kappa shape index (κ1) is 27.3. The van der Waals surface area contributed by atoms with Crippen LogP contribution in [0.5, 0.6) is 0 Å². The molecule has 5 rings (SSSR count). The molecule has 0 aromatic heterocycles. The third-order valence-corrected chi connectivity index (χ3v) is 11.3. The predicted molar refractivity (Wildman–Crippen MR) is 136 cm³/mol. The Morgan fingerprint density at radius 1 is 0.943 bits per heavy atom. The van der Waals surface area contributed by atoms with Crippen molar-refractivity contribution in [1.29, 1.82) is 0 Å². The number of fused-ring (bicyclic) bond motifs is 5. The Bertz CT molecular complexity index is 721. The third-order valence-electron chi connectivity index (χ3n) is 11.3. The smallest absolute Gasteiger partial charge is 0.303 e. The summed E-state index contributed by atoms with van der Waals surface area (Å²) in [7, 11) is 0. The van der Waals surface area contributed by atoms with Crippen LogP contribution in [-0.4, -0.2) is 70.9 Å². The molecular weight excluding hydrogens is 444 g/mol. The van der Waals surface area contributed by atoms with Gasteiger partial charge in [0.05, 0.1) is 18.3 Å². The summed E-state index contributed by atoms with van der Waals surface area (Å²) < 4.78 is 0. The van der Waals surface area contributed by atoms with Gasteiger partial charge in [0, 0.05) is 32.6 Å². The lowest BCUT2D eigenvalue weighted by atomic mass is 9.43. The molecule has 202 valence electrons. The second kappa shape index (κ2) is 10.9. The van der Waals surface area contributed by atoms with Crippen molar-refractivity contribution in [1.82, 2.24) is 10.6 Å². The molecule has 35 heavy (non-hydrogen) atoms. The number of rotatable bonds is 4. The average Bonchev–Trinajstić information content (AvgIpc) is 3.19. The summed E-state index contributed by atoms with van der Waals surface area (Å²) in [6, 6.07) is 0. The molecule has 0 amide bonds. The maximum Gasteiger partial charge on any atom is 0.303 e. The van der Waals surface area contributed by atoms with Crippen LogP contribution in [0.25, 0.3) is 0 Å². The summed E-state index contributed by atoms with van der Waals surface area (Å²) >= 11 is 0. The highest BCUT2D eigenvalue weighted by atomic mass is 16.4. The number of hydrogen-bond donors (Lipinski definition) is 6. The molecule has 0 spiro atoms. The highest BCUT2D eigenvalue weighted by Crippen LogP contribution is 2.68. The molecule has 0 aromatic rings. The SMILES string of the molecule is C1CNCCN1.C[C@H](CCC(=O)O)[C@H]1CC[C@H]2[C@@H]3[C@@H](O)C[C@H]4C[C@@H](O)CC[C@]4(C)[C@H]3C[C@@H](O)[C@]12C. The maximum atomic E-state index is 11.5. The zero-order chi connectivity index (χ0) is 25.4. The largest absolute Gasteiger partial charge is 0.481 e. The lowest BCUT2D eigenvalue weighted by molar-refractivity contribution is -0.207. The number of aliphatic carboxylic acids is 1. The van der Waals surface area contributed by atoms with E-state index in [9.17, 15) is 20.1 Å². The summed E-state index contributed by atoms with van der Waals surface area (Å²) in [4.78, 5) is 11.1. The van der Waals surface area contributed by atoms with E-state index in [1.165, 1.54) is 0 Å². The second-order valence-corrected chi connectivity index (χ2v) is 12.9. The van der Waals surface area contributed by atoms with Crippen LogP contribution in [0.2, 0.25) is 0 Å². The molecule has 1 heterocycles. The van der Waals surface area contributed by atoms with Gasteiger partial charge in [0.15, 0.2) is 0 Å². The molecule has 7 heteroatoms. The molecule has 5 fully saturated rings. The number of carbonyl (C=O) groups is 1. The minimum atomic E-state index is -0.748. The standard InChI is InChI=1S/C24H40O5.C4H10N2/c1-13(4-7-21(28)29)16-5-6-17-22-18(12-20(27)24(16,17)3)23(2)9-8-15(25)10-14(23)11-19(22)26;1-2-6-4-3-5-1/h13-20,22,25-27H,4-12H2,1-3H3,(H,28,29);5-6H,1-4H2/t13-,14-,15+,16-,17+,18+,19+,20-,22+,23+,24-;/m1./s1. The highest BCUT2D eigenvalue weighted by Gasteiger charge is 2.65. The molecule has 1 saturated heterocycles. The van der Waals surface area contributed by atoms with Crippen molar-refractivity contribution in [2.24, 2.45) is 46.3 Å². The predicted octanol–water partition coefficient (Wildman–Crippen LogP) is 2.63. The fourth-order valence-corrected chi connectivity index (χ4v) is 9.29. The molecule has 7 nitrogen and oxygen atoms in total. The van der Waals surface area contributed by atoms with E-state index in [0.29, 0.717) is 30.1 Å². The van der Waals surface area contributed by atoms with Crippen LogP contribution in [-0.2, 0) is 4.79 Å². The van der Waals surface area contributed by atoms with Gasteiger partial charge < -0.3 is 31.1 Å². The van der Waals surface area contributed by atoms with Crippen LogP contribution < -0.4 is 10.6 Å². The van der Waals surface area contributed by atoms with Crippen molar-refractivity contribution in [2.75, 3.05) is 26.2 Å². The Balaban J connectivity index is 0.000000421. The van der Waals surface area contributed by atoms with Crippen molar-refractivity contribution < 1.29 is 25.2 Å². The first-order valence-electron chi connectivity index (χ1n) is 14.3. The normalized spacial score (nSPS) is 47.9. The van der Waals surface area contributed by atoms with Crippen molar-refractivity contribution in [2.45, 2.75) is 96.9 Å². The number of carboxylic acids is 1. The fourth-order valence-electron chi connectivity index (χ4n) is 9.29. The summed E-state index contributed by atoms with van der Waals surface area (Å²) in [6.07, 6.45) is 6.00. The topological polar surface area (TPSA) is 122 Å². The van der Waals surface area contributed by atoms with Gasteiger partial charge in [-0.3, -0.25) is 4.79 Å². The number of nitrogens with one attached hydrogen (secondary N) is 2. The van der Waals surface area contributed by atoms with E-state index in [0.717, 1.165) is 71.1 Å². The molecule has 0 aromatic carbocycles. The van der Waals surface area contributed by atoms with Crippen LogP contribution in [0.3, 0.4) is 0 Å². The Kier molecular flexibility index (Phi) is 8.54. The molecule has 1 aliphatic heterocycles. The molecular formula is C28H50N2O5. The number of hydrogen-bond acceptors (Lipinski definition) is 6. The van der Waals surface area contributed by atoms with E-state index in [1.807, 2.05) is 0 Å². The molecule has 0 radical (unpaired) electrons. The van der Waals surface area contributed by atoms with Crippen molar-refractivity contribution in [3.8, 4) is 0 Å². The lowest BCUT2D eigenvalue weighted by Gasteiger charge is -2.63. The molecule has 5 aliphatic rings. The van der Waals surface area contributed by atoms with Gasteiger partial charge in [0.2, 0.25) is 0 Å². The monoisotopic (exact) mass is 494 g/mol. The highest BCUT2D eigenvalue weighted by molar-refractivity contribution is 5.66. The van der Waals surface area contributed by atoms with Gasteiger partial charge in [-0.1, -0.05) is 20.8 Å². The van der Waals surface area contributed by atoms with Gasteiger partial charge in [-0.05, 0) is 97.7 Å². The lowest BCUT2D eigenvalue weighted by Crippen LogP contribution is -2.62. The van der Waals surface area contributed by atoms with Crippen LogP contribution in [0.15, 0.2) is 0 Å². The second-order valence-electron chi connectivity index (χ2n) is 12.9. The van der Waals surface area contributed by atoms with Crippen LogP contribution >= 0.6 is 0 Å². The number of aliphatic hydroxyl groups excluding tert-OH is 3. The van der Waals surface area contributed by atoms with Crippen LogP contribution in [0.4, 0.5) is 0 Å². The van der Waals surface area contributed by atoms with Gasteiger partial charge in [-0.2, -0.15) is 0 Å². The quantitative estimate of drug-likeness (QED) is 0.355. The van der Waals surface area contributed by atoms with E-state index in [4.69, 9.17) is 5.11 Å². The van der Waals surface area contributed by atoms with Crippen LogP contribution in [0.1, 0.15) is 78.6 Å². The van der Waals surface area contributed by atoms with Gasteiger partial charge in [-0.25, -0.2) is 0 Å². The van der Waals surface area contributed by atoms with Crippen molar-refractivity contribution >= 4 is 5.97 Å². The molecule has 6 N–H and O–H groups in total. The zero-order valence-corrected chi connectivity index (χ0v) is 22.1. The van der Waals surface area contributed by atoms with E-state index in [-0.39, 0.29) is 41.3 Å². The number of aliphatic hydroxyl groups is 3. The number of piperazine rings is 1. The fraction of sp³-hybridized carbons (Fsp3) is 0.964. The molecule has 0 bridgehead atoms. The Morgan fingerprint density at radius 2 is 1.60 bits per heavy atom. The summed E-state index contributed by atoms with van der Waals surface area (Å²) in [5, 5.41) is 48.5. The molecule has 0 unspecified atom stereocenters.